The predicted molar refractivity (Wildman–Crippen MR) is 55.5 cm³/mol. The van der Waals surface area contributed by atoms with Crippen LogP contribution in [0.4, 0.5) is 0 Å². The van der Waals surface area contributed by atoms with Crippen LogP contribution in [-0.4, -0.2) is 27.8 Å². The van der Waals surface area contributed by atoms with Crippen molar-refractivity contribution in [1.29, 1.82) is 0 Å². The zero-order valence-corrected chi connectivity index (χ0v) is 8.93. The maximum absolute atomic E-state index is 11.3. The van der Waals surface area contributed by atoms with Gasteiger partial charge in [-0.15, -0.1) is 0 Å². The van der Waals surface area contributed by atoms with E-state index in [9.17, 15) is 9.59 Å². The van der Waals surface area contributed by atoms with E-state index in [1.807, 2.05) is 13.8 Å². The summed E-state index contributed by atoms with van der Waals surface area (Å²) in [6, 6.07) is 0.158. The van der Waals surface area contributed by atoms with E-state index in [0.717, 1.165) is 0 Å². The maximum Gasteiger partial charge on any atom is 0.221 e. The summed E-state index contributed by atoms with van der Waals surface area (Å²) >= 11 is 0. The number of carbonyl (C=O) groups is 2. The average Bonchev–Trinajstić information content (AvgIpc) is 2.61. The highest BCUT2D eigenvalue weighted by molar-refractivity contribution is 5.76. The highest BCUT2D eigenvalue weighted by atomic mass is 16.1. The highest BCUT2D eigenvalue weighted by Crippen LogP contribution is 1.95. The van der Waals surface area contributed by atoms with Gasteiger partial charge in [-0.3, -0.25) is 9.59 Å². The van der Waals surface area contributed by atoms with Gasteiger partial charge >= 0.3 is 0 Å². The van der Waals surface area contributed by atoms with Gasteiger partial charge in [0.15, 0.2) is 6.29 Å². The zero-order chi connectivity index (χ0) is 11.3. The number of aldehydes is 1. The molecule has 0 aliphatic rings. The van der Waals surface area contributed by atoms with Gasteiger partial charge in [0, 0.05) is 25.2 Å². The van der Waals surface area contributed by atoms with Crippen molar-refractivity contribution in [1.82, 2.24) is 14.9 Å². The lowest BCUT2D eigenvalue weighted by Gasteiger charge is -2.07. The number of imidazole rings is 1. The summed E-state index contributed by atoms with van der Waals surface area (Å²) in [5.74, 6) is 0.00588. The quantitative estimate of drug-likeness (QED) is 0.723. The second-order valence-corrected chi connectivity index (χ2v) is 3.63. The number of nitrogens with zero attached hydrogens (tertiary/aromatic N) is 2. The summed E-state index contributed by atoms with van der Waals surface area (Å²) in [5.41, 5.74) is 0.388. The average molecular weight is 209 g/mol. The third-order valence-corrected chi connectivity index (χ3v) is 1.82. The lowest BCUT2D eigenvalue weighted by atomic mass is 10.3. The number of nitrogens with one attached hydrogen (secondary N) is 1. The second kappa shape index (κ2) is 5.29. The minimum absolute atomic E-state index is 0.00588. The van der Waals surface area contributed by atoms with Crippen molar-refractivity contribution in [3.8, 4) is 0 Å². The van der Waals surface area contributed by atoms with Gasteiger partial charge in [0.1, 0.15) is 5.69 Å². The molecule has 82 valence electrons. The van der Waals surface area contributed by atoms with Gasteiger partial charge in [0.25, 0.3) is 0 Å². The molecule has 0 aliphatic carbocycles. The lowest BCUT2D eigenvalue weighted by Crippen LogP contribution is -2.30. The number of hydrogen-bond donors (Lipinski definition) is 1. The van der Waals surface area contributed by atoms with Gasteiger partial charge in [-0.25, -0.2) is 4.98 Å². The van der Waals surface area contributed by atoms with Crippen molar-refractivity contribution in [3.63, 3.8) is 0 Å². The number of aryl methyl sites for hydroxylation is 1. The molecule has 0 unspecified atom stereocenters. The molecule has 5 nitrogen and oxygen atoms in total. The Morgan fingerprint density at radius 3 is 2.93 bits per heavy atom. The Hall–Kier alpha value is -1.65. The van der Waals surface area contributed by atoms with Crippen LogP contribution in [0.2, 0.25) is 0 Å². The van der Waals surface area contributed by atoms with Crippen LogP contribution in [0.1, 0.15) is 30.8 Å². The van der Waals surface area contributed by atoms with E-state index in [2.05, 4.69) is 10.3 Å². The van der Waals surface area contributed by atoms with Crippen molar-refractivity contribution in [3.05, 3.63) is 18.2 Å². The van der Waals surface area contributed by atoms with Crippen molar-refractivity contribution < 1.29 is 9.59 Å². The largest absolute Gasteiger partial charge is 0.354 e. The summed E-state index contributed by atoms with van der Waals surface area (Å²) in [4.78, 5) is 25.5. The van der Waals surface area contributed by atoms with Gasteiger partial charge < -0.3 is 9.88 Å². The van der Waals surface area contributed by atoms with Crippen molar-refractivity contribution in [2.24, 2.45) is 0 Å². The van der Waals surface area contributed by atoms with Crippen molar-refractivity contribution >= 4 is 12.2 Å². The summed E-state index contributed by atoms with van der Waals surface area (Å²) < 4.78 is 1.73. The Balaban J connectivity index is 2.36. The molecule has 0 atom stereocenters. The Labute approximate surface area is 88.5 Å². The number of carbonyl (C=O) groups excluding carboxylic acids is 2. The van der Waals surface area contributed by atoms with E-state index in [-0.39, 0.29) is 11.9 Å². The van der Waals surface area contributed by atoms with E-state index in [1.165, 1.54) is 0 Å². The molecule has 0 spiro atoms. The first-order valence-electron chi connectivity index (χ1n) is 4.88. The first-order chi connectivity index (χ1) is 7.11. The molecule has 15 heavy (non-hydrogen) atoms. The first-order valence-corrected chi connectivity index (χ1v) is 4.88. The van der Waals surface area contributed by atoms with Crippen molar-refractivity contribution in [2.45, 2.75) is 32.9 Å². The van der Waals surface area contributed by atoms with Crippen LogP contribution in [-0.2, 0) is 11.3 Å². The molecule has 0 saturated heterocycles. The number of amides is 1. The minimum Gasteiger partial charge on any atom is -0.354 e. The van der Waals surface area contributed by atoms with E-state index in [1.54, 1.807) is 17.1 Å². The van der Waals surface area contributed by atoms with Crippen LogP contribution in [0.25, 0.3) is 0 Å². The van der Waals surface area contributed by atoms with Crippen LogP contribution >= 0.6 is 0 Å². The summed E-state index contributed by atoms with van der Waals surface area (Å²) in [6.45, 7) is 4.37. The summed E-state index contributed by atoms with van der Waals surface area (Å²) in [5, 5.41) is 2.79. The smallest absolute Gasteiger partial charge is 0.221 e. The predicted octanol–water partition coefficient (Wildman–Crippen LogP) is 0.610. The topological polar surface area (TPSA) is 64.0 Å². The van der Waals surface area contributed by atoms with E-state index >= 15 is 0 Å². The van der Waals surface area contributed by atoms with E-state index in [4.69, 9.17) is 0 Å². The number of hydrogen-bond acceptors (Lipinski definition) is 3. The molecule has 5 heteroatoms. The van der Waals surface area contributed by atoms with Crippen LogP contribution < -0.4 is 5.32 Å². The monoisotopic (exact) mass is 209 g/mol. The Bertz CT molecular complexity index is 344. The van der Waals surface area contributed by atoms with Crippen LogP contribution in [0, 0.1) is 0 Å². The number of aromatic nitrogens is 2. The van der Waals surface area contributed by atoms with Gasteiger partial charge in [-0.05, 0) is 13.8 Å². The SMILES string of the molecule is CC(C)NC(=O)CCn1cnc(C=O)c1. The second-order valence-electron chi connectivity index (χ2n) is 3.63. The van der Waals surface area contributed by atoms with Crippen LogP contribution in [0.15, 0.2) is 12.5 Å². The molecule has 0 bridgehead atoms. The van der Waals surface area contributed by atoms with Gasteiger partial charge in [-0.1, -0.05) is 0 Å². The zero-order valence-electron chi connectivity index (χ0n) is 8.93. The van der Waals surface area contributed by atoms with Crippen LogP contribution in [0.5, 0.6) is 0 Å². The van der Waals surface area contributed by atoms with Crippen molar-refractivity contribution in [2.75, 3.05) is 0 Å². The van der Waals surface area contributed by atoms with Crippen LogP contribution in [0.3, 0.4) is 0 Å². The molecule has 1 N–H and O–H groups in total. The maximum atomic E-state index is 11.3. The fourth-order valence-corrected chi connectivity index (χ4v) is 1.19. The Morgan fingerprint density at radius 2 is 2.40 bits per heavy atom. The fraction of sp³-hybridized carbons (Fsp3) is 0.500. The minimum atomic E-state index is 0.00588. The molecule has 0 aromatic carbocycles. The molecule has 1 rings (SSSR count). The first kappa shape index (κ1) is 11.4. The third kappa shape index (κ3) is 3.93. The van der Waals surface area contributed by atoms with Gasteiger partial charge in [0.05, 0.1) is 6.33 Å². The lowest BCUT2D eigenvalue weighted by molar-refractivity contribution is -0.121. The summed E-state index contributed by atoms with van der Waals surface area (Å²) in [6.07, 6.45) is 4.25. The molecular formula is C10H15N3O2. The van der Waals surface area contributed by atoms with Gasteiger partial charge in [-0.2, -0.15) is 0 Å². The standard InChI is InChI=1S/C10H15N3O2/c1-8(2)12-10(15)3-4-13-5-9(6-14)11-7-13/h5-8H,3-4H2,1-2H3,(H,12,15). The molecule has 1 heterocycles. The fourth-order valence-electron chi connectivity index (χ4n) is 1.19. The highest BCUT2D eigenvalue weighted by Gasteiger charge is 2.03. The van der Waals surface area contributed by atoms with E-state index in [0.29, 0.717) is 24.9 Å². The molecule has 1 aromatic heterocycles. The summed E-state index contributed by atoms with van der Waals surface area (Å²) in [7, 11) is 0. The van der Waals surface area contributed by atoms with E-state index < -0.39 is 0 Å². The molecule has 0 aliphatic heterocycles. The molecule has 1 amide bonds. The van der Waals surface area contributed by atoms with Gasteiger partial charge in [0.2, 0.25) is 5.91 Å². The molecule has 0 radical (unpaired) electrons. The molecule has 0 saturated carbocycles. The molecule has 0 fully saturated rings. The Kier molecular flexibility index (Phi) is 4.03. The Morgan fingerprint density at radius 1 is 1.67 bits per heavy atom. The molecular weight excluding hydrogens is 194 g/mol. The normalized spacial score (nSPS) is 10.3. The number of rotatable bonds is 5. The third-order valence-electron chi connectivity index (χ3n) is 1.82. The molecule has 1 aromatic rings.